The molecule has 0 aromatic heterocycles. The van der Waals surface area contributed by atoms with Gasteiger partial charge in [0.15, 0.2) is 0 Å². The van der Waals surface area contributed by atoms with Crippen LogP contribution >= 0.6 is 0 Å². The number of nitrogens with zero attached hydrogens (tertiary/aromatic N) is 2. The molecular weight excluding hydrogens is 522 g/mol. The summed E-state index contributed by atoms with van der Waals surface area (Å²) in [4.78, 5) is 41.6. The van der Waals surface area contributed by atoms with E-state index < -0.39 is 10.1 Å². The summed E-state index contributed by atoms with van der Waals surface area (Å²) in [5.74, 6) is -0.0818. The molecule has 1 atom stereocenters. The molecule has 39 heavy (non-hydrogen) atoms. The molecule has 0 bridgehead atoms. The lowest BCUT2D eigenvalue weighted by Crippen LogP contribution is -2.51. The molecule has 11 heteroatoms. The fraction of sp³-hybridized carbons (Fsp3) is 0.464. The molecule has 1 aliphatic heterocycles. The number of carbonyl (C=O) groups excluding carboxylic acids is 3. The van der Waals surface area contributed by atoms with Crippen molar-refractivity contribution in [2.24, 2.45) is 0 Å². The Labute approximate surface area is 230 Å². The van der Waals surface area contributed by atoms with E-state index in [2.05, 4.69) is 16.3 Å². The second-order valence-electron chi connectivity index (χ2n) is 10.1. The number of amides is 2. The van der Waals surface area contributed by atoms with Gasteiger partial charge in [0.25, 0.3) is 16.0 Å². The first-order chi connectivity index (χ1) is 18.4. The molecule has 0 radical (unpaired) electrons. The molecule has 2 N–H and O–H groups in total. The highest BCUT2D eigenvalue weighted by Crippen LogP contribution is 2.32. The van der Waals surface area contributed by atoms with Crippen molar-refractivity contribution in [1.29, 1.82) is 0 Å². The summed E-state index contributed by atoms with van der Waals surface area (Å²) in [6.07, 6.45) is 3.47. The van der Waals surface area contributed by atoms with Gasteiger partial charge < -0.3 is 15.0 Å². The summed E-state index contributed by atoms with van der Waals surface area (Å²) in [5.41, 5.74) is 2.84. The first-order valence-electron chi connectivity index (χ1n) is 13.0. The van der Waals surface area contributed by atoms with Crippen LogP contribution in [-0.4, -0.2) is 85.6 Å². The molecule has 1 aliphatic carbocycles. The zero-order valence-electron chi connectivity index (χ0n) is 22.6. The zero-order chi connectivity index (χ0) is 28.6. The van der Waals surface area contributed by atoms with Gasteiger partial charge in [0, 0.05) is 37.8 Å². The average molecular weight is 560 g/mol. The Hall–Kier alpha value is -3.28. The summed E-state index contributed by atoms with van der Waals surface area (Å²) in [6.45, 7) is 6.71. The number of carbonyl (C=O) groups is 3. The van der Waals surface area contributed by atoms with Crippen molar-refractivity contribution in [3.8, 4) is 5.75 Å². The number of ether oxygens (including phenoxy) is 1. The monoisotopic (exact) mass is 559 g/mol. The van der Waals surface area contributed by atoms with Gasteiger partial charge in [-0.05, 0) is 68.5 Å². The number of rotatable bonds is 6. The zero-order valence-corrected chi connectivity index (χ0v) is 23.4. The maximum absolute atomic E-state index is 12.9. The summed E-state index contributed by atoms with van der Waals surface area (Å²) in [6, 6.07) is 15.0. The number of benzene rings is 2. The molecule has 212 valence electrons. The molecule has 10 nitrogen and oxygen atoms in total. The van der Waals surface area contributed by atoms with Gasteiger partial charge in [0.2, 0.25) is 5.91 Å². The normalized spacial score (nSPS) is 17.5. The second kappa shape index (κ2) is 13.7. The van der Waals surface area contributed by atoms with Crippen molar-refractivity contribution in [2.45, 2.75) is 45.1 Å². The van der Waals surface area contributed by atoms with Crippen LogP contribution in [0.2, 0.25) is 0 Å². The van der Waals surface area contributed by atoms with Gasteiger partial charge in [0.05, 0.1) is 18.7 Å². The van der Waals surface area contributed by atoms with Crippen LogP contribution in [0.1, 0.15) is 54.1 Å². The van der Waals surface area contributed by atoms with Crippen LogP contribution in [0, 0.1) is 0 Å². The summed E-state index contributed by atoms with van der Waals surface area (Å²) in [7, 11) is -3.67. The molecule has 2 amide bonds. The molecule has 1 saturated heterocycles. The van der Waals surface area contributed by atoms with E-state index in [4.69, 9.17) is 9.29 Å². The Balaban J connectivity index is 0.000000771. The Morgan fingerprint density at radius 3 is 2.26 bits per heavy atom. The van der Waals surface area contributed by atoms with Crippen molar-refractivity contribution >= 4 is 27.9 Å². The first-order valence-corrected chi connectivity index (χ1v) is 14.9. The molecule has 0 saturated carbocycles. The maximum Gasteiger partial charge on any atom is 0.318 e. The van der Waals surface area contributed by atoms with Gasteiger partial charge in [0.1, 0.15) is 5.75 Å². The minimum absolute atomic E-state index is 0.0108. The lowest BCUT2D eigenvalue weighted by molar-refractivity contribution is -0.136. The third-order valence-corrected chi connectivity index (χ3v) is 6.45. The van der Waals surface area contributed by atoms with E-state index >= 15 is 0 Å². The van der Waals surface area contributed by atoms with E-state index in [1.807, 2.05) is 32.0 Å². The molecule has 2 aromatic rings. The topological polar surface area (TPSA) is 133 Å². The number of fused-ring (bicyclic) bond motifs is 1. The Morgan fingerprint density at radius 1 is 1.03 bits per heavy atom. The minimum atomic E-state index is -3.67. The molecule has 2 aromatic carbocycles. The molecule has 0 spiro atoms. The van der Waals surface area contributed by atoms with Crippen molar-refractivity contribution in [3.05, 3.63) is 65.2 Å². The second-order valence-corrected chi connectivity index (χ2v) is 11.6. The fourth-order valence-corrected chi connectivity index (χ4v) is 4.71. The Kier molecular flexibility index (Phi) is 10.6. The van der Waals surface area contributed by atoms with Crippen LogP contribution in [0.15, 0.2) is 48.5 Å². The highest BCUT2D eigenvalue weighted by Gasteiger charge is 2.28. The quantitative estimate of drug-likeness (QED) is 0.313. The number of piperazine rings is 1. The largest absolute Gasteiger partial charge is 0.426 e. The van der Waals surface area contributed by atoms with E-state index in [1.54, 1.807) is 29.2 Å². The third-order valence-electron chi connectivity index (χ3n) is 6.45. The van der Waals surface area contributed by atoms with Crippen LogP contribution in [0.4, 0.5) is 0 Å². The standard InChI is InChI=1S/C27H33N3O4.CH4O3S/c1-19(2)28-25(31)18-29-14-16-30(17-15-29)26(32)21-10-12-22(13-11-21)34-27(33)24-9-5-7-20-6-3-4-8-23(20)24;1-5(2,3)4/h3-4,6,8,10-13,19,24H,5,7,9,14-18H2,1-2H3,(H,28,31);1H3,(H,2,3,4). The SMILES string of the molecule is CC(C)NC(=O)CN1CCN(C(=O)c2ccc(OC(=O)C3CCCc4ccccc43)cc2)CC1.CS(=O)(=O)O. The van der Waals surface area contributed by atoms with Gasteiger partial charge >= 0.3 is 5.97 Å². The van der Waals surface area contributed by atoms with E-state index in [0.717, 1.165) is 24.8 Å². The van der Waals surface area contributed by atoms with Crippen LogP contribution in [0.3, 0.4) is 0 Å². The van der Waals surface area contributed by atoms with Gasteiger partial charge in [-0.3, -0.25) is 23.8 Å². The molecule has 1 unspecified atom stereocenters. The molecule has 2 aliphatic rings. The fourth-order valence-electron chi connectivity index (χ4n) is 4.71. The number of esters is 1. The summed E-state index contributed by atoms with van der Waals surface area (Å²) >= 11 is 0. The van der Waals surface area contributed by atoms with Crippen molar-refractivity contribution in [3.63, 3.8) is 0 Å². The lowest BCUT2D eigenvalue weighted by Gasteiger charge is -2.34. The highest BCUT2D eigenvalue weighted by molar-refractivity contribution is 7.85. The highest BCUT2D eigenvalue weighted by atomic mass is 32.2. The molecular formula is C28H37N3O7S. The van der Waals surface area contributed by atoms with Crippen LogP contribution < -0.4 is 10.1 Å². The van der Waals surface area contributed by atoms with Crippen LogP contribution in [0.25, 0.3) is 0 Å². The Morgan fingerprint density at radius 2 is 1.64 bits per heavy atom. The molecule has 4 rings (SSSR count). The number of hydrogen-bond donors (Lipinski definition) is 2. The summed E-state index contributed by atoms with van der Waals surface area (Å²) in [5, 5.41) is 2.90. The van der Waals surface area contributed by atoms with Crippen molar-refractivity contribution < 1.29 is 32.1 Å². The van der Waals surface area contributed by atoms with E-state index in [-0.39, 0.29) is 29.7 Å². The predicted octanol–water partition coefficient (Wildman–Crippen LogP) is 2.50. The van der Waals surface area contributed by atoms with Gasteiger partial charge in [-0.1, -0.05) is 24.3 Å². The predicted molar refractivity (Wildman–Crippen MR) is 147 cm³/mol. The van der Waals surface area contributed by atoms with E-state index in [9.17, 15) is 22.8 Å². The van der Waals surface area contributed by atoms with Crippen molar-refractivity contribution in [1.82, 2.24) is 15.1 Å². The van der Waals surface area contributed by atoms with Crippen LogP contribution in [0.5, 0.6) is 5.75 Å². The van der Waals surface area contributed by atoms with E-state index in [1.165, 1.54) is 5.56 Å². The third kappa shape index (κ3) is 9.76. The number of hydrogen-bond acceptors (Lipinski definition) is 7. The van der Waals surface area contributed by atoms with E-state index in [0.29, 0.717) is 50.3 Å². The van der Waals surface area contributed by atoms with Crippen LogP contribution in [-0.2, 0) is 26.1 Å². The number of nitrogens with one attached hydrogen (secondary N) is 1. The maximum atomic E-state index is 12.9. The van der Waals surface area contributed by atoms with Crippen molar-refractivity contribution in [2.75, 3.05) is 39.0 Å². The molecule has 1 fully saturated rings. The first kappa shape index (κ1) is 30.3. The smallest absolute Gasteiger partial charge is 0.318 e. The van der Waals surface area contributed by atoms with Gasteiger partial charge in [-0.25, -0.2) is 0 Å². The summed E-state index contributed by atoms with van der Waals surface area (Å²) < 4.78 is 31.5. The van der Waals surface area contributed by atoms with Gasteiger partial charge in [-0.2, -0.15) is 8.42 Å². The average Bonchev–Trinajstić information content (AvgIpc) is 2.87. The minimum Gasteiger partial charge on any atom is -0.426 e. The number of aryl methyl sites for hydroxylation is 1. The lowest BCUT2D eigenvalue weighted by atomic mass is 9.83. The Bertz CT molecular complexity index is 1250. The molecule has 1 heterocycles. The van der Waals surface area contributed by atoms with Gasteiger partial charge in [-0.15, -0.1) is 0 Å².